The van der Waals surface area contributed by atoms with E-state index in [0.717, 1.165) is 56.8 Å². The van der Waals surface area contributed by atoms with Gasteiger partial charge >= 0.3 is 0 Å². The number of imidazole rings is 1. The molecule has 10 aromatic rings. The van der Waals surface area contributed by atoms with Crippen LogP contribution in [-0.2, 0) is 26.5 Å². The van der Waals surface area contributed by atoms with Crippen LogP contribution in [0, 0.1) is 32.1 Å². The number of benzene rings is 7. The molecule has 7 aromatic carbocycles. The van der Waals surface area contributed by atoms with Crippen molar-refractivity contribution in [2.45, 2.75) is 53.8 Å². The van der Waals surface area contributed by atoms with Crippen LogP contribution in [0.4, 0.5) is 0 Å². The maximum absolute atomic E-state index is 6.09. The van der Waals surface area contributed by atoms with Crippen molar-refractivity contribution in [2.75, 3.05) is 0 Å². The maximum Gasteiger partial charge on any atom is 0.0798 e. The zero-order chi connectivity index (χ0) is 41.5. The Hall–Kier alpha value is -5.91. The van der Waals surface area contributed by atoms with Crippen LogP contribution in [0.15, 0.2) is 156 Å². The summed E-state index contributed by atoms with van der Waals surface area (Å²) in [4.78, 5) is 9.81. The van der Waals surface area contributed by atoms with Crippen LogP contribution in [-0.4, -0.2) is 22.6 Å². The summed E-state index contributed by atoms with van der Waals surface area (Å²) in [7, 11) is -1.34. The van der Waals surface area contributed by atoms with Gasteiger partial charge < -0.3 is 14.0 Å². The van der Waals surface area contributed by atoms with Crippen molar-refractivity contribution in [2.24, 2.45) is 5.92 Å². The smallest absolute Gasteiger partial charge is 0.0798 e. The molecule has 0 amide bonds. The fourth-order valence-electron chi connectivity index (χ4n) is 8.71. The molecule has 305 valence electrons. The summed E-state index contributed by atoms with van der Waals surface area (Å²) in [6.45, 7) is 16.1. The second-order valence-electron chi connectivity index (χ2n) is 17.4. The first kappa shape index (κ1) is 41.8. The fraction of sp³-hybridized carbons (Fsp3) is 0.164. The Labute approximate surface area is 373 Å². The van der Waals surface area contributed by atoms with Gasteiger partial charge in [0.2, 0.25) is 0 Å². The zero-order valence-corrected chi connectivity index (χ0v) is 39.2. The van der Waals surface area contributed by atoms with Gasteiger partial charge in [0.05, 0.1) is 24.9 Å². The normalized spacial score (nSPS) is 11.6. The van der Waals surface area contributed by atoms with Gasteiger partial charge in [-0.15, -0.1) is 35.9 Å². The molecule has 0 fully saturated rings. The number of hydrogen-bond acceptors (Lipinski definition) is 3. The molecule has 4 nitrogen and oxygen atoms in total. The molecule has 3 aromatic heterocycles. The van der Waals surface area contributed by atoms with Crippen molar-refractivity contribution in [3.63, 3.8) is 0 Å². The summed E-state index contributed by atoms with van der Waals surface area (Å²) in [5, 5.41) is 7.28. The Morgan fingerprint density at radius 1 is 0.705 bits per heavy atom. The minimum absolute atomic E-state index is 0. The fourth-order valence-corrected chi connectivity index (χ4v) is 10.3. The van der Waals surface area contributed by atoms with Gasteiger partial charge in [-0.3, -0.25) is 4.98 Å². The van der Waals surface area contributed by atoms with Crippen LogP contribution < -0.4 is 5.19 Å². The molecular weight excluding hydrogens is 939 g/mol. The van der Waals surface area contributed by atoms with E-state index in [0.29, 0.717) is 5.92 Å². The van der Waals surface area contributed by atoms with Crippen LogP contribution in [0.5, 0.6) is 0 Å². The summed E-state index contributed by atoms with van der Waals surface area (Å²) >= 11 is 0. The molecule has 0 atom stereocenters. The largest absolute Gasteiger partial charge is 0.557 e. The van der Waals surface area contributed by atoms with E-state index >= 15 is 0 Å². The van der Waals surface area contributed by atoms with Crippen molar-refractivity contribution in [3.8, 4) is 39.5 Å². The van der Waals surface area contributed by atoms with Crippen molar-refractivity contribution in [1.82, 2.24) is 14.5 Å². The number of rotatable bonds is 7. The van der Waals surface area contributed by atoms with Crippen LogP contribution in [0.1, 0.15) is 30.5 Å². The van der Waals surface area contributed by atoms with E-state index in [1.807, 2.05) is 24.3 Å². The average molecular weight is 988 g/mol. The molecule has 6 heteroatoms. The van der Waals surface area contributed by atoms with E-state index < -0.39 is 8.07 Å². The van der Waals surface area contributed by atoms with Crippen molar-refractivity contribution in [1.29, 1.82) is 0 Å². The van der Waals surface area contributed by atoms with E-state index in [-0.39, 0.29) is 20.1 Å². The van der Waals surface area contributed by atoms with E-state index in [1.54, 1.807) is 0 Å². The Bertz CT molecular complexity index is 3140. The molecule has 0 saturated carbocycles. The number of para-hydroxylation sites is 2. The van der Waals surface area contributed by atoms with Crippen molar-refractivity contribution >= 4 is 56.8 Å². The van der Waals surface area contributed by atoms with Gasteiger partial charge in [0.1, 0.15) is 0 Å². The molecule has 0 aliphatic rings. The first-order valence-electron chi connectivity index (χ1n) is 20.9. The number of pyridine rings is 1. The molecule has 0 bridgehead atoms. The van der Waals surface area contributed by atoms with E-state index in [4.69, 9.17) is 9.40 Å². The molecular formula is C55H49IrN3OSi-2. The molecule has 61 heavy (non-hydrogen) atoms. The third kappa shape index (κ3) is 8.28. The third-order valence-electron chi connectivity index (χ3n) is 11.4. The van der Waals surface area contributed by atoms with Gasteiger partial charge in [0, 0.05) is 43.8 Å². The average Bonchev–Trinajstić information content (AvgIpc) is 3.84. The SMILES string of the molecule is CC(C)Cc1cc(-c2[c-]cccc2)ncc1[Si](C)(C)C.Cc1cc(-n2c(-c3[c-]oc4cc5c(ccc6ccccc65)cc34)nc3ccccc32)cc(C)c1-c1ccccc1.[Ir]. The van der Waals surface area contributed by atoms with Crippen LogP contribution in [0.3, 0.4) is 0 Å². The second kappa shape index (κ2) is 17.2. The minimum Gasteiger partial charge on any atom is -0.557 e. The molecule has 3 heterocycles. The molecule has 0 saturated heterocycles. The number of aryl methyl sites for hydroxylation is 2. The van der Waals surface area contributed by atoms with Gasteiger partial charge in [-0.05, 0) is 105 Å². The maximum atomic E-state index is 6.09. The molecule has 0 spiro atoms. The second-order valence-corrected chi connectivity index (χ2v) is 22.4. The summed E-state index contributed by atoms with van der Waals surface area (Å²) in [5.41, 5.74) is 13.3. The van der Waals surface area contributed by atoms with Crippen LogP contribution in [0.25, 0.3) is 83.0 Å². The molecule has 1 radical (unpaired) electrons. The van der Waals surface area contributed by atoms with Gasteiger partial charge in [0.25, 0.3) is 0 Å². The summed E-state index contributed by atoms with van der Waals surface area (Å²) in [6.07, 6.45) is 6.47. The molecule has 0 aliphatic heterocycles. The molecule has 0 aliphatic carbocycles. The summed E-state index contributed by atoms with van der Waals surface area (Å²) in [5.74, 6) is 1.49. The Kier molecular flexibility index (Phi) is 11.8. The third-order valence-corrected chi connectivity index (χ3v) is 13.5. The predicted octanol–water partition coefficient (Wildman–Crippen LogP) is 14.1. The summed E-state index contributed by atoms with van der Waals surface area (Å²) in [6, 6.07) is 54.2. The van der Waals surface area contributed by atoms with Crippen LogP contribution in [0.2, 0.25) is 19.6 Å². The van der Waals surface area contributed by atoms with Gasteiger partial charge in [-0.1, -0.05) is 147 Å². The number of nitrogens with zero attached hydrogens (tertiary/aromatic N) is 3. The van der Waals surface area contributed by atoms with E-state index in [1.165, 1.54) is 54.5 Å². The quantitative estimate of drug-likeness (QED) is 0.0908. The van der Waals surface area contributed by atoms with Gasteiger partial charge in [-0.25, -0.2) is 0 Å². The number of aromatic nitrogens is 3. The molecule has 10 rings (SSSR count). The van der Waals surface area contributed by atoms with Gasteiger partial charge in [-0.2, -0.15) is 0 Å². The molecule has 0 N–H and O–H groups in total. The number of furan rings is 1. The Morgan fingerprint density at radius 2 is 1.41 bits per heavy atom. The summed E-state index contributed by atoms with van der Waals surface area (Å²) < 4.78 is 8.34. The van der Waals surface area contributed by atoms with E-state index in [9.17, 15) is 0 Å². The van der Waals surface area contributed by atoms with Crippen molar-refractivity contribution < 1.29 is 24.5 Å². The number of fused-ring (bicyclic) bond motifs is 5. The minimum atomic E-state index is -1.34. The predicted molar refractivity (Wildman–Crippen MR) is 255 cm³/mol. The monoisotopic (exact) mass is 988 g/mol. The van der Waals surface area contributed by atoms with E-state index in [2.05, 4.69) is 197 Å². The first-order valence-corrected chi connectivity index (χ1v) is 24.4. The standard InChI is InChI=1S/C37H25N2O.C18H24NSi.Ir/c1-23-18-28(19-24(2)36(23)26-11-4-3-5-12-26)39-34-15-9-8-14-33(34)38-37(39)32-22-40-35-21-30-27(20-31(32)35)17-16-25-10-6-7-13-29(25)30;1-14(2)11-16-12-17(15-9-7-6-8-10-15)19-13-18(16)20(3,4)5;/h3-21H,1-2H3;6-9,12-14H,11H2,1-5H3;/q2*-1;. The van der Waals surface area contributed by atoms with Crippen LogP contribution >= 0.6 is 0 Å². The zero-order valence-electron chi connectivity index (χ0n) is 35.8. The first-order chi connectivity index (χ1) is 29.0. The Morgan fingerprint density at radius 3 is 2.15 bits per heavy atom. The Balaban J connectivity index is 0.000000208. The van der Waals surface area contributed by atoms with Crippen molar-refractivity contribution in [3.05, 3.63) is 181 Å². The molecule has 0 unspecified atom stereocenters. The van der Waals surface area contributed by atoms with Gasteiger partial charge in [0.15, 0.2) is 0 Å². The topological polar surface area (TPSA) is 43.9 Å². The number of hydrogen-bond donors (Lipinski definition) is 0.